The van der Waals surface area contributed by atoms with E-state index in [1.54, 1.807) is 13.3 Å². The van der Waals surface area contributed by atoms with E-state index in [-0.39, 0.29) is 11.4 Å². The number of hydrogen-bond acceptors (Lipinski definition) is 5. The fourth-order valence-corrected chi connectivity index (χ4v) is 2.19. The minimum absolute atomic E-state index is 0.0706. The predicted molar refractivity (Wildman–Crippen MR) is 89.6 cm³/mol. The number of nitrogens with two attached hydrogens (primary N) is 2. The molecule has 0 unspecified atom stereocenters. The van der Waals surface area contributed by atoms with Gasteiger partial charge in [-0.1, -0.05) is 25.5 Å². The highest BCUT2D eigenvalue weighted by Crippen LogP contribution is 2.35. The van der Waals surface area contributed by atoms with Crippen LogP contribution in [0.5, 0.6) is 11.5 Å². The third kappa shape index (κ3) is 3.71. The molecule has 0 saturated carbocycles. The van der Waals surface area contributed by atoms with Crippen molar-refractivity contribution in [2.45, 2.75) is 19.8 Å². The lowest BCUT2D eigenvalue weighted by molar-refractivity contribution is 0.0997. The standard InChI is InChI=1S/C17H21N3O3/c1-3-4-9-23-15-13(10-20-16(18)14(15)17(19)21)11-5-7-12(22-2)8-6-11/h5-8,10H,3-4,9H2,1-2H3,(H2,18,20)(H2,19,21). The van der Waals surface area contributed by atoms with E-state index < -0.39 is 5.91 Å². The van der Waals surface area contributed by atoms with Gasteiger partial charge in [-0.3, -0.25) is 4.79 Å². The molecule has 6 heteroatoms. The zero-order valence-electron chi connectivity index (χ0n) is 13.3. The molecule has 1 aromatic heterocycles. The summed E-state index contributed by atoms with van der Waals surface area (Å²) in [5.74, 6) is 0.530. The van der Waals surface area contributed by atoms with Gasteiger partial charge in [0.25, 0.3) is 5.91 Å². The fourth-order valence-electron chi connectivity index (χ4n) is 2.19. The quantitative estimate of drug-likeness (QED) is 0.765. The Morgan fingerprint density at radius 1 is 1.26 bits per heavy atom. The van der Waals surface area contributed by atoms with Gasteiger partial charge in [0.2, 0.25) is 0 Å². The Hall–Kier alpha value is -2.76. The van der Waals surface area contributed by atoms with Gasteiger partial charge in [0.1, 0.15) is 22.9 Å². The van der Waals surface area contributed by atoms with Crippen molar-refractivity contribution in [2.24, 2.45) is 5.73 Å². The van der Waals surface area contributed by atoms with Crippen LogP contribution in [0.4, 0.5) is 5.82 Å². The molecule has 0 saturated heterocycles. The Bertz CT molecular complexity index is 684. The summed E-state index contributed by atoms with van der Waals surface area (Å²) >= 11 is 0. The van der Waals surface area contributed by atoms with Crippen molar-refractivity contribution in [1.82, 2.24) is 4.98 Å². The fraction of sp³-hybridized carbons (Fsp3) is 0.294. The molecule has 1 amide bonds. The molecular formula is C17H21N3O3. The predicted octanol–water partition coefficient (Wildman–Crippen LogP) is 2.62. The summed E-state index contributed by atoms with van der Waals surface area (Å²) in [6.07, 6.45) is 3.43. The third-order valence-corrected chi connectivity index (χ3v) is 3.45. The number of primary amides is 1. The number of carbonyl (C=O) groups is 1. The second-order valence-electron chi connectivity index (χ2n) is 5.06. The van der Waals surface area contributed by atoms with E-state index in [1.165, 1.54) is 0 Å². The van der Waals surface area contributed by atoms with Gasteiger partial charge in [0.15, 0.2) is 0 Å². The van der Waals surface area contributed by atoms with Crippen LogP contribution in [0.15, 0.2) is 30.5 Å². The van der Waals surface area contributed by atoms with Crippen LogP contribution in [-0.4, -0.2) is 24.6 Å². The number of aromatic nitrogens is 1. The highest BCUT2D eigenvalue weighted by atomic mass is 16.5. The topological polar surface area (TPSA) is 100 Å². The molecule has 0 radical (unpaired) electrons. The van der Waals surface area contributed by atoms with E-state index in [0.717, 1.165) is 24.2 Å². The third-order valence-electron chi connectivity index (χ3n) is 3.45. The summed E-state index contributed by atoms with van der Waals surface area (Å²) in [5.41, 5.74) is 12.9. The Morgan fingerprint density at radius 2 is 1.96 bits per heavy atom. The zero-order chi connectivity index (χ0) is 16.8. The maximum Gasteiger partial charge on any atom is 0.256 e. The summed E-state index contributed by atoms with van der Waals surface area (Å²) < 4.78 is 11.0. The number of rotatable bonds is 7. The van der Waals surface area contributed by atoms with Gasteiger partial charge in [-0.25, -0.2) is 4.98 Å². The van der Waals surface area contributed by atoms with Crippen LogP contribution in [0.25, 0.3) is 11.1 Å². The van der Waals surface area contributed by atoms with Crippen LogP contribution in [0.2, 0.25) is 0 Å². The molecular weight excluding hydrogens is 294 g/mol. The Morgan fingerprint density at radius 3 is 2.52 bits per heavy atom. The molecule has 0 aliphatic carbocycles. The van der Waals surface area contributed by atoms with Crippen LogP contribution < -0.4 is 20.9 Å². The van der Waals surface area contributed by atoms with Gasteiger partial charge in [-0.15, -0.1) is 0 Å². The number of pyridine rings is 1. The second kappa shape index (κ2) is 7.49. The molecule has 1 heterocycles. The minimum atomic E-state index is -0.656. The largest absolute Gasteiger partial charge is 0.497 e. The molecule has 2 rings (SSSR count). The van der Waals surface area contributed by atoms with Crippen molar-refractivity contribution in [3.63, 3.8) is 0 Å². The lowest BCUT2D eigenvalue weighted by Crippen LogP contribution is -2.17. The normalized spacial score (nSPS) is 10.3. The van der Waals surface area contributed by atoms with Gasteiger partial charge in [-0.05, 0) is 24.1 Å². The van der Waals surface area contributed by atoms with Crippen molar-refractivity contribution in [3.05, 3.63) is 36.0 Å². The average Bonchev–Trinajstić information content (AvgIpc) is 2.55. The Labute approximate surface area is 135 Å². The molecule has 0 spiro atoms. The number of unbranched alkanes of at least 4 members (excludes halogenated alkanes) is 1. The first kappa shape index (κ1) is 16.6. The van der Waals surface area contributed by atoms with Gasteiger partial charge < -0.3 is 20.9 Å². The van der Waals surface area contributed by atoms with Crippen molar-refractivity contribution in [2.75, 3.05) is 19.5 Å². The first-order chi connectivity index (χ1) is 11.1. The van der Waals surface area contributed by atoms with E-state index >= 15 is 0 Å². The van der Waals surface area contributed by atoms with Crippen LogP contribution in [-0.2, 0) is 0 Å². The van der Waals surface area contributed by atoms with Crippen LogP contribution in [0.1, 0.15) is 30.1 Å². The first-order valence-corrected chi connectivity index (χ1v) is 7.44. The number of benzene rings is 1. The lowest BCUT2D eigenvalue weighted by Gasteiger charge is -2.16. The zero-order valence-corrected chi connectivity index (χ0v) is 13.3. The first-order valence-electron chi connectivity index (χ1n) is 7.44. The smallest absolute Gasteiger partial charge is 0.256 e. The number of amides is 1. The molecule has 1 aromatic carbocycles. The van der Waals surface area contributed by atoms with E-state index in [2.05, 4.69) is 11.9 Å². The summed E-state index contributed by atoms with van der Waals surface area (Å²) in [5, 5.41) is 0. The molecule has 0 atom stereocenters. The van der Waals surface area contributed by atoms with Crippen molar-refractivity contribution in [3.8, 4) is 22.6 Å². The summed E-state index contributed by atoms with van der Waals surface area (Å²) in [6.45, 7) is 2.53. The molecule has 0 aliphatic heterocycles. The summed E-state index contributed by atoms with van der Waals surface area (Å²) in [6, 6.07) is 7.38. The molecule has 0 fully saturated rings. The summed E-state index contributed by atoms with van der Waals surface area (Å²) in [7, 11) is 1.60. The highest BCUT2D eigenvalue weighted by molar-refractivity contribution is 6.02. The maximum atomic E-state index is 11.8. The number of carbonyl (C=O) groups excluding carboxylic acids is 1. The monoisotopic (exact) mass is 315 g/mol. The number of methoxy groups -OCH3 is 1. The molecule has 4 N–H and O–H groups in total. The van der Waals surface area contributed by atoms with E-state index in [4.69, 9.17) is 20.9 Å². The van der Waals surface area contributed by atoms with Crippen LogP contribution in [0.3, 0.4) is 0 Å². The molecule has 122 valence electrons. The van der Waals surface area contributed by atoms with Crippen LogP contribution in [0, 0.1) is 0 Å². The second-order valence-corrected chi connectivity index (χ2v) is 5.06. The number of anilines is 1. The maximum absolute atomic E-state index is 11.8. The number of nitrogen functional groups attached to an aromatic ring is 1. The van der Waals surface area contributed by atoms with Gasteiger partial charge >= 0.3 is 0 Å². The highest BCUT2D eigenvalue weighted by Gasteiger charge is 2.20. The molecule has 0 bridgehead atoms. The lowest BCUT2D eigenvalue weighted by atomic mass is 10.0. The van der Waals surface area contributed by atoms with Crippen molar-refractivity contribution < 1.29 is 14.3 Å². The Kier molecular flexibility index (Phi) is 5.41. The van der Waals surface area contributed by atoms with Gasteiger partial charge in [0.05, 0.1) is 13.7 Å². The molecule has 23 heavy (non-hydrogen) atoms. The van der Waals surface area contributed by atoms with Gasteiger partial charge in [-0.2, -0.15) is 0 Å². The number of hydrogen-bond donors (Lipinski definition) is 2. The minimum Gasteiger partial charge on any atom is -0.497 e. The van der Waals surface area contributed by atoms with Gasteiger partial charge in [0, 0.05) is 11.8 Å². The van der Waals surface area contributed by atoms with E-state index in [9.17, 15) is 4.79 Å². The molecule has 6 nitrogen and oxygen atoms in total. The summed E-state index contributed by atoms with van der Waals surface area (Å²) in [4.78, 5) is 15.8. The van der Waals surface area contributed by atoms with Crippen molar-refractivity contribution >= 4 is 11.7 Å². The number of nitrogens with zero attached hydrogens (tertiary/aromatic N) is 1. The molecule has 2 aromatic rings. The molecule has 0 aliphatic rings. The SMILES string of the molecule is CCCCOc1c(-c2ccc(OC)cc2)cnc(N)c1C(N)=O. The average molecular weight is 315 g/mol. The number of ether oxygens (including phenoxy) is 2. The Balaban J connectivity index is 2.51. The van der Waals surface area contributed by atoms with E-state index in [1.807, 2.05) is 24.3 Å². The van der Waals surface area contributed by atoms with Crippen LogP contribution >= 0.6 is 0 Å². The van der Waals surface area contributed by atoms with E-state index in [0.29, 0.717) is 17.9 Å². The van der Waals surface area contributed by atoms with Crippen molar-refractivity contribution in [1.29, 1.82) is 0 Å².